The number of benzene rings is 2. The van der Waals surface area contributed by atoms with Crippen molar-refractivity contribution in [1.29, 1.82) is 0 Å². The average Bonchev–Trinajstić information content (AvgIpc) is 2.91. The van der Waals surface area contributed by atoms with Gasteiger partial charge in [-0.3, -0.25) is 4.79 Å². The van der Waals surface area contributed by atoms with Crippen LogP contribution in [0.2, 0.25) is 0 Å². The molecule has 0 bridgehead atoms. The van der Waals surface area contributed by atoms with Crippen molar-refractivity contribution in [3.05, 3.63) is 57.6 Å². The van der Waals surface area contributed by atoms with Crippen molar-refractivity contribution in [2.45, 2.75) is 24.8 Å². The third-order valence-electron chi connectivity index (χ3n) is 3.80. The van der Waals surface area contributed by atoms with Gasteiger partial charge in [0.25, 0.3) is 5.91 Å². The Morgan fingerprint density at radius 2 is 1.93 bits per heavy atom. The van der Waals surface area contributed by atoms with Crippen LogP contribution < -0.4 is 4.80 Å². The summed E-state index contributed by atoms with van der Waals surface area (Å²) in [5.74, 6) is -2.06. The Morgan fingerprint density at radius 3 is 2.59 bits per heavy atom. The maximum absolute atomic E-state index is 13.0. The fourth-order valence-corrected chi connectivity index (χ4v) is 5.33. The fourth-order valence-electron chi connectivity index (χ4n) is 2.60. The number of amides is 1. The van der Waals surface area contributed by atoms with Crippen molar-refractivity contribution in [1.82, 2.24) is 4.57 Å². The van der Waals surface area contributed by atoms with Crippen LogP contribution in [0.5, 0.6) is 0 Å². The second-order valence-corrected chi connectivity index (χ2v) is 9.78. The van der Waals surface area contributed by atoms with Gasteiger partial charge in [0.05, 0.1) is 15.1 Å². The lowest BCUT2D eigenvalue weighted by molar-refractivity contribution is -0.115. The summed E-state index contributed by atoms with van der Waals surface area (Å²) in [5, 5.41) is 0. The summed E-state index contributed by atoms with van der Waals surface area (Å²) in [6.45, 7) is 2.68. The molecule has 9 heteroatoms. The van der Waals surface area contributed by atoms with Gasteiger partial charge in [-0.2, -0.15) is 4.99 Å². The number of aromatic nitrogens is 1. The van der Waals surface area contributed by atoms with Gasteiger partial charge < -0.3 is 4.57 Å². The van der Waals surface area contributed by atoms with Crippen LogP contribution >= 0.6 is 27.3 Å². The Labute approximate surface area is 168 Å². The maximum atomic E-state index is 13.0. The van der Waals surface area contributed by atoms with Crippen LogP contribution in [-0.4, -0.2) is 24.6 Å². The average molecular weight is 471 g/mol. The SMILES string of the molecule is CCCn1c(=NC(=O)CS(=O)(=O)c2ccc(F)cc2)sc2cc(Br)ccc21. The van der Waals surface area contributed by atoms with Gasteiger partial charge in [0.15, 0.2) is 14.6 Å². The van der Waals surface area contributed by atoms with Gasteiger partial charge >= 0.3 is 0 Å². The van der Waals surface area contributed by atoms with Gasteiger partial charge in [0, 0.05) is 11.0 Å². The van der Waals surface area contributed by atoms with Crippen molar-refractivity contribution >= 4 is 53.2 Å². The number of fused-ring (bicyclic) bond motifs is 1. The second kappa shape index (κ2) is 8.04. The molecule has 1 amide bonds. The lowest BCUT2D eigenvalue weighted by Gasteiger charge is -2.03. The van der Waals surface area contributed by atoms with Crippen LogP contribution in [0.4, 0.5) is 4.39 Å². The Bertz CT molecular complexity index is 1170. The van der Waals surface area contributed by atoms with E-state index in [0.717, 1.165) is 45.4 Å². The van der Waals surface area contributed by atoms with Crippen molar-refractivity contribution < 1.29 is 17.6 Å². The molecule has 0 N–H and O–H groups in total. The molecule has 0 saturated carbocycles. The molecule has 0 fully saturated rings. The topological polar surface area (TPSA) is 68.5 Å². The smallest absolute Gasteiger partial charge is 0.263 e. The molecule has 1 heterocycles. The molecule has 5 nitrogen and oxygen atoms in total. The third-order valence-corrected chi connectivity index (χ3v) is 6.95. The van der Waals surface area contributed by atoms with Gasteiger partial charge in [-0.05, 0) is 48.9 Å². The number of carbonyl (C=O) groups excluding carboxylic acids is 1. The van der Waals surface area contributed by atoms with E-state index >= 15 is 0 Å². The number of nitrogens with zero attached hydrogens (tertiary/aromatic N) is 2. The Morgan fingerprint density at radius 1 is 1.22 bits per heavy atom. The molecule has 3 rings (SSSR count). The van der Waals surface area contributed by atoms with Crippen molar-refractivity contribution in [2.24, 2.45) is 4.99 Å². The third kappa shape index (κ3) is 4.53. The minimum Gasteiger partial charge on any atom is -0.316 e. The van der Waals surface area contributed by atoms with E-state index in [-0.39, 0.29) is 4.90 Å². The molecular formula is C18H16BrFN2O3S2. The quantitative estimate of drug-likeness (QED) is 0.530. The second-order valence-electron chi connectivity index (χ2n) is 5.87. The fraction of sp³-hybridized carbons (Fsp3) is 0.222. The summed E-state index contributed by atoms with van der Waals surface area (Å²) >= 11 is 4.75. The highest BCUT2D eigenvalue weighted by Gasteiger charge is 2.19. The standard InChI is InChI=1S/C18H16BrFN2O3S2/c1-2-9-22-15-8-3-12(19)10-16(15)26-18(22)21-17(23)11-27(24,25)14-6-4-13(20)5-7-14/h3-8,10H,2,9,11H2,1H3. The number of halogens is 2. The van der Waals surface area contributed by atoms with Gasteiger partial charge in [-0.1, -0.05) is 34.2 Å². The number of hydrogen-bond donors (Lipinski definition) is 0. The van der Waals surface area contributed by atoms with Crippen LogP contribution in [0.15, 0.2) is 56.8 Å². The zero-order chi connectivity index (χ0) is 19.6. The normalized spacial score (nSPS) is 12.6. The molecule has 27 heavy (non-hydrogen) atoms. The molecule has 0 radical (unpaired) electrons. The number of rotatable bonds is 5. The summed E-state index contributed by atoms with van der Waals surface area (Å²) in [4.78, 5) is 16.7. The molecule has 0 aliphatic rings. The highest BCUT2D eigenvalue weighted by molar-refractivity contribution is 9.10. The van der Waals surface area contributed by atoms with E-state index < -0.39 is 27.3 Å². The first-order chi connectivity index (χ1) is 12.8. The lowest BCUT2D eigenvalue weighted by atomic mass is 10.3. The summed E-state index contributed by atoms with van der Waals surface area (Å²) in [6.07, 6.45) is 0.844. The number of carbonyl (C=O) groups is 1. The van der Waals surface area contributed by atoms with Crippen molar-refractivity contribution in [3.8, 4) is 0 Å². The van der Waals surface area contributed by atoms with Crippen LogP contribution in [0.3, 0.4) is 0 Å². The minimum absolute atomic E-state index is 0.103. The van der Waals surface area contributed by atoms with E-state index in [9.17, 15) is 17.6 Å². The largest absolute Gasteiger partial charge is 0.316 e. The predicted molar refractivity (Wildman–Crippen MR) is 107 cm³/mol. The van der Waals surface area contributed by atoms with Crippen molar-refractivity contribution in [2.75, 3.05) is 5.75 Å². The molecule has 0 atom stereocenters. The molecule has 0 spiro atoms. The first-order valence-electron chi connectivity index (χ1n) is 8.15. The van der Waals surface area contributed by atoms with Crippen LogP contribution in [0.1, 0.15) is 13.3 Å². The maximum Gasteiger partial charge on any atom is 0.263 e. The van der Waals surface area contributed by atoms with Gasteiger partial charge in [0.2, 0.25) is 0 Å². The predicted octanol–water partition coefficient (Wildman–Crippen LogP) is 3.92. The number of aryl methyl sites for hydroxylation is 1. The highest BCUT2D eigenvalue weighted by atomic mass is 79.9. The zero-order valence-corrected chi connectivity index (χ0v) is 17.6. The van der Waals surface area contributed by atoms with E-state index in [1.54, 1.807) is 0 Å². The molecule has 0 saturated heterocycles. The summed E-state index contributed by atoms with van der Waals surface area (Å²) in [6, 6.07) is 10.2. The van der Waals surface area contributed by atoms with Gasteiger partial charge in [-0.25, -0.2) is 12.8 Å². The highest BCUT2D eigenvalue weighted by Crippen LogP contribution is 2.22. The van der Waals surface area contributed by atoms with E-state index in [0.29, 0.717) is 11.3 Å². The summed E-state index contributed by atoms with van der Waals surface area (Å²) in [5.41, 5.74) is 0.943. The molecule has 142 valence electrons. The number of sulfone groups is 1. The van der Waals surface area contributed by atoms with Crippen LogP contribution in [0, 0.1) is 5.82 Å². The number of thiazole rings is 1. The van der Waals surface area contributed by atoms with E-state index in [1.165, 1.54) is 11.3 Å². The van der Waals surface area contributed by atoms with Gasteiger partial charge in [0.1, 0.15) is 11.6 Å². The summed E-state index contributed by atoms with van der Waals surface area (Å²) in [7, 11) is -3.88. The van der Waals surface area contributed by atoms with E-state index in [1.807, 2.05) is 29.7 Å². The molecule has 0 aliphatic carbocycles. The molecule has 1 aromatic heterocycles. The van der Waals surface area contributed by atoms with Crippen LogP contribution in [-0.2, 0) is 21.2 Å². The monoisotopic (exact) mass is 470 g/mol. The summed E-state index contributed by atoms with van der Waals surface area (Å²) < 4.78 is 41.5. The minimum atomic E-state index is -3.88. The Balaban J connectivity index is 1.97. The first-order valence-corrected chi connectivity index (χ1v) is 11.4. The Kier molecular flexibility index (Phi) is 5.92. The van der Waals surface area contributed by atoms with E-state index in [4.69, 9.17) is 0 Å². The van der Waals surface area contributed by atoms with Crippen LogP contribution in [0.25, 0.3) is 10.2 Å². The number of hydrogen-bond acceptors (Lipinski definition) is 4. The lowest BCUT2D eigenvalue weighted by Crippen LogP contribution is -2.21. The first kappa shape index (κ1) is 19.9. The molecule has 0 unspecified atom stereocenters. The Hall–Kier alpha value is -1.84. The molecule has 3 aromatic rings. The molecule has 0 aliphatic heterocycles. The molecular weight excluding hydrogens is 455 g/mol. The van der Waals surface area contributed by atoms with Gasteiger partial charge in [-0.15, -0.1) is 0 Å². The zero-order valence-electron chi connectivity index (χ0n) is 14.4. The van der Waals surface area contributed by atoms with E-state index in [2.05, 4.69) is 20.9 Å². The molecule has 2 aromatic carbocycles. The van der Waals surface area contributed by atoms with Crippen molar-refractivity contribution in [3.63, 3.8) is 0 Å².